The molecule has 0 aromatic carbocycles. The molecular formula is C10H19NO2S. The van der Waals surface area contributed by atoms with Crippen LogP contribution in [0.3, 0.4) is 0 Å². The summed E-state index contributed by atoms with van der Waals surface area (Å²) >= 11 is 1.83. The zero-order valence-corrected chi connectivity index (χ0v) is 9.55. The van der Waals surface area contributed by atoms with Gasteiger partial charge in [0, 0.05) is 0 Å². The second kappa shape index (κ2) is 6.30. The minimum Gasteiger partial charge on any atom is -0.480 e. The van der Waals surface area contributed by atoms with Crippen LogP contribution in [0.5, 0.6) is 0 Å². The highest BCUT2D eigenvalue weighted by atomic mass is 32.2. The van der Waals surface area contributed by atoms with Crippen LogP contribution in [-0.2, 0) is 4.79 Å². The fraction of sp³-hybridized carbons (Fsp3) is 0.900. The lowest BCUT2D eigenvalue weighted by atomic mass is 10.0. The maximum Gasteiger partial charge on any atom is 0.320 e. The van der Waals surface area contributed by atoms with Gasteiger partial charge in [-0.1, -0.05) is 6.42 Å². The molecule has 1 saturated heterocycles. The van der Waals surface area contributed by atoms with Gasteiger partial charge in [-0.2, -0.15) is 11.8 Å². The number of aliphatic carboxylic acids is 1. The number of thioether (sulfide) groups is 1. The molecule has 1 aliphatic rings. The molecule has 1 atom stereocenters. The molecule has 1 N–H and O–H groups in total. The molecular weight excluding hydrogens is 198 g/mol. The van der Waals surface area contributed by atoms with Crippen molar-refractivity contribution in [1.82, 2.24) is 4.90 Å². The van der Waals surface area contributed by atoms with E-state index in [1.54, 1.807) is 0 Å². The summed E-state index contributed by atoms with van der Waals surface area (Å²) in [6.45, 7) is 1.91. The number of nitrogens with zero attached hydrogens (tertiary/aromatic N) is 1. The molecule has 82 valence electrons. The number of carboxylic acids is 1. The number of likely N-dealkylation sites (tertiary alicyclic amines) is 1. The summed E-state index contributed by atoms with van der Waals surface area (Å²) in [5.74, 6) is 0.483. The van der Waals surface area contributed by atoms with Gasteiger partial charge in [-0.15, -0.1) is 0 Å². The molecule has 0 radical (unpaired) electrons. The zero-order valence-electron chi connectivity index (χ0n) is 8.74. The third-order valence-corrected chi connectivity index (χ3v) is 3.39. The summed E-state index contributed by atoms with van der Waals surface area (Å²) in [4.78, 5) is 13.1. The van der Waals surface area contributed by atoms with Crippen LogP contribution in [-0.4, -0.2) is 47.1 Å². The van der Waals surface area contributed by atoms with E-state index >= 15 is 0 Å². The van der Waals surface area contributed by atoms with E-state index in [-0.39, 0.29) is 6.04 Å². The molecule has 1 rings (SSSR count). The summed E-state index contributed by atoms with van der Waals surface area (Å²) in [6.07, 6.45) is 6.24. The molecule has 0 amide bonds. The van der Waals surface area contributed by atoms with E-state index < -0.39 is 5.97 Å². The lowest BCUT2D eigenvalue weighted by Crippen LogP contribution is -2.45. The second-order valence-electron chi connectivity index (χ2n) is 3.73. The van der Waals surface area contributed by atoms with Gasteiger partial charge >= 0.3 is 5.97 Å². The number of hydrogen-bond acceptors (Lipinski definition) is 3. The van der Waals surface area contributed by atoms with Gasteiger partial charge in [0.05, 0.1) is 0 Å². The van der Waals surface area contributed by atoms with Gasteiger partial charge in [0.1, 0.15) is 6.04 Å². The Hall–Kier alpha value is -0.220. The highest BCUT2D eigenvalue weighted by Crippen LogP contribution is 2.17. The molecule has 1 unspecified atom stereocenters. The highest BCUT2D eigenvalue weighted by Gasteiger charge is 2.27. The number of piperidine rings is 1. The van der Waals surface area contributed by atoms with Crippen molar-refractivity contribution in [2.24, 2.45) is 0 Å². The molecule has 0 spiro atoms. The van der Waals surface area contributed by atoms with Crippen LogP contribution in [0.25, 0.3) is 0 Å². The van der Waals surface area contributed by atoms with Gasteiger partial charge < -0.3 is 5.11 Å². The number of carboxylic acid groups (broad SMARTS) is 1. The summed E-state index contributed by atoms with van der Waals surface area (Å²) in [7, 11) is 0. The fourth-order valence-corrected chi connectivity index (χ4v) is 2.37. The molecule has 3 nitrogen and oxygen atoms in total. The molecule has 0 bridgehead atoms. The Morgan fingerprint density at radius 2 is 2.36 bits per heavy atom. The molecule has 4 heteroatoms. The van der Waals surface area contributed by atoms with Crippen LogP contribution >= 0.6 is 11.8 Å². The third kappa shape index (κ3) is 3.50. The van der Waals surface area contributed by atoms with E-state index in [0.717, 1.165) is 44.5 Å². The molecule has 1 heterocycles. The second-order valence-corrected chi connectivity index (χ2v) is 4.72. The summed E-state index contributed by atoms with van der Waals surface area (Å²) in [5.41, 5.74) is 0. The topological polar surface area (TPSA) is 40.5 Å². The van der Waals surface area contributed by atoms with Crippen LogP contribution in [0.2, 0.25) is 0 Å². The quantitative estimate of drug-likeness (QED) is 0.711. The van der Waals surface area contributed by atoms with Crippen molar-refractivity contribution in [3.05, 3.63) is 0 Å². The molecule has 0 aromatic rings. The van der Waals surface area contributed by atoms with Gasteiger partial charge in [-0.3, -0.25) is 9.69 Å². The SMILES string of the molecule is CSCCCN1CCCCC1C(=O)O. The van der Waals surface area contributed by atoms with E-state index in [1.807, 2.05) is 11.8 Å². The average Bonchev–Trinajstić information content (AvgIpc) is 2.19. The van der Waals surface area contributed by atoms with Crippen LogP contribution in [0.15, 0.2) is 0 Å². The summed E-state index contributed by atoms with van der Waals surface area (Å²) in [6, 6.07) is -0.217. The first-order valence-electron chi connectivity index (χ1n) is 5.21. The zero-order chi connectivity index (χ0) is 10.4. The highest BCUT2D eigenvalue weighted by molar-refractivity contribution is 7.98. The van der Waals surface area contributed by atoms with Crippen molar-refractivity contribution in [1.29, 1.82) is 0 Å². The Morgan fingerprint density at radius 3 is 3.00 bits per heavy atom. The molecule has 0 saturated carbocycles. The van der Waals surface area contributed by atoms with Crippen LogP contribution in [0.1, 0.15) is 25.7 Å². The lowest BCUT2D eigenvalue weighted by molar-refractivity contribution is -0.144. The van der Waals surface area contributed by atoms with Gasteiger partial charge in [-0.25, -0.2) is 0 Å². The Kier molecular flexibility index (Phi) is 5.33. The molecule has 1 fully saturated rings. The van der Waals surface area contributed by atoms with Crippen molar-refractivity contribution in [3.63, 3.8) is 0 Å². The van der Waals surface area contributed by atoms with Crippen LogP contribution in [0, 0.1) is 0 Å². The van der Waals surface area contributed by atoms with E-state index in [4.69, 9.17) is 5.11 Å². The Balaban J connectivity index is 2.34. The summed E-state index contributed by atoms with van der Waals surface area (Å²) in [5, 5.41) is 9.02. The van der Waals surface area contributed by atoms with Crippen molar-refractivity contribution in [2.75, 3.05) is 25.1 Å². The summed E-state index contributed by atoms with van der Waals surface area (Å²) < 4.78 is 0. The standard InChI is InChI=1S/C10H19NO2S/c1-14-8-4-7-11-6-3-2-5-9(11)10(12)13/h9H,2-8H2,1H3,(H,12,13). The van der Waals surface area contributed by atoms with E-state index in [0.29, 0.717) is 0 Å². The predicted molar refractivity (Wildman–Crippen MR) is 59.8 cm³/mol. The fourth-order valence-electron chi connectivity index (χ4n) is 1.95. The average molecular weight is 217 g/mol. The maximum atomic E-state index is 11.0. The van der Waals surface area contributed by atoms with Gasteiger partial charge in [-0.05, 0) is 44.4 Å². The molecule has 0 aromatic heterocycles. The van der Waals surface area contributed by atoms with Crippen LogP contribution < -0.4 is 0 Å². The van der Waals surface area contributed by atoms with Gasteiger partial charge in [0.2, 0.25) is 0 Å². The minimum atomic E-state index is -0.645. The van der Waals surface area contributed by atoms with E-state index in [2.05, 4.69) is 11.2 Å². The molecule has 1 aliphatic heterocycles. The largest absolute Gasteiger partial charge is 0.480 e. The van der Waals surface area contributed by atoms with E-state index in [9.17, 15) is 4.79 Å². The minimum absolute atomic E-state index is 0.217. The smallest absolute Gasteiger partial charge is 0.320 e. The molecule has 0 aliphatic carbocycles. The Labute approximate surface area is 89.9 Å². The molecule has 14 heavy (non-hydrogen) atoms. The number of hydrogen-bond donors (Lipinski definition) is 1. The van der Waals surface area contributed by atoms with Crippen molar-refractivity contribution in [3.8, 4) is 0 Å². The Bertz CT molecular complexity index is 187. The van der Waals surface area contributed by atoms with E-state index in [1.165, 1.54) is 0 Å². The van der Waals surface area contributed by atoms with Crippen LogP contribution in [0.4, 0.5) is 0 Å². The van der Waals surface area contributed by atoms with Crippen molar-refractivity contribution in [2.45, 2.75) is 31.7 Å². The van der Waals surface area contributed by atoms with Gasteiger partial charge in [0.25, 0.3) is 0 Å². The maximum absolute atomic E-state index is 11.0. The Morgan fingerprint density at radius 1 is 1.57 bits per heavy atom. The number of carbonyl (C=O) groups is 1. The lowest BCUT2D eigenvalue weighted by Gasteiger charge is -2.32. The first-order chi connectivity index (χ1) is 6.75. The monoisotopic (exact) mass is 217 g/mol. The van der Waals surface area contributed by atoms with Crippen molar-refractivity contribution < 1.29 is 9.90 Å². The third-order valence-electron chi connectivity index (χ3n) is 2.69. The normalized spacial score (nSPS) is 23.6. The predicted octanol–water partition coefficient (Wildman–Crippen LogP) is 1.68. The first-order valence-corrected chi connectivity index (χ1v) is 6.61. The van der Waals surface area contributed by atoms with Gasteiger partial charge in [0.15, 0.2) is 0 Å². The first kappa shape index (κ1) is 11.9. The number of rotatable bonds is 5. The van der Waals surface area contributed by atoms with Crippen molar-refractivity contribution >= 4 is 17.7 Å².